The molecule has 3 aromatic rings. The van der Waals surface area contributed by atoms with Gasteiger partial charge in [-0.3, -0.25) is 15.0 Å². The smallest absolute Gasteiger partial charge is 0.293 e. The molecule has 2 aliphatic rings. The van der Waals surface area contributed by atoms with Crippen molar-refractivity contribution in [2.24, 2.45) is 5.92 Å². The molecule has 6 nitrogen and oxygen atoms in total. The van der Waals surface area contributed by atoms with Gasteiger partial charge in [-0.15, -0.1) is 6.58 Å². The topological polar surface area (TPSA) is 82.4 Å². The number of nitrogens with one attached hydrogen (secondary N) is 1. The molecule has 2 N–H and O–H groups in total. The predicted octanol–water partition coefficient (Wildman–Crippen LogP) is 4.33. The normalized spacial score (nSPS) is 23.7. The van der Waals surface area contributed by atoms with Crippen LogP contribution in [0, 0.1) is 16.0 Å². The number of H-pyrrole nitrogens is 1. The largest absolute Gasteiger partial charge is 0.508 e. The Morgan fingerprint density at radius 1 is 1.33 bits per heavy atom. The Labute approximate surface area is 175 Å². The van der Waals surface area contributed by atoms with Gasteiger partial charge in [-0.1, -0.05) is 30.3 Å². The molecule has 0 saturated carbocycles. The molecule has 5 rings (SSSR count). The Hall–Kier alpha value is -3.12. The third-order valence-corrected chi connectivity index (χ3v) is 7.09. The molecule has 154 valence electrons. The highest BCUT2D eigenvalue weighted by molar-refractivity contribution is 5.92. The molecule has 6 heteroatoms. The van der Waals surface area contributed by atoms with E-state index in [-0.39, 0.29) is 21.8 Å². The number of nitro groups is 1. The highest BCUT2D eigenvalue weighted by atomic mass is 16.6. The van der Waals surface area contributed by atoms with Gasteiger partial charge in [-0.05, 0) is 55.0 Å². The number of piperidine rings is 1. The van der Waals surface area contributed by atoms with Crippen molar-refractivity contribution in [1.29, 1.82) is 0 Å². The van der Waals surface area contributed by atoms with E-state index in [1.165, 1.54) is 5.56 Å². The van der Waals surface area contributed by atoms with E-state index in [0.717, 1.165) is 55.5 Å². The fourth-order valence-electron chi connectivity index (χ4n) is 5.69. The lowest BCUT2D eigenvalue weighted by Crippen LogP contribution is -2.53. The minimum absolute atomic E-state index is 0.0981. The Bertz CT molecular complexity index is 1150. The van der Waals surface area contributed by atoms with Gasteiger partial charge in [0, 0.05) is 35.7 Å². The first-order chi connectivity index (χ1) is 14.5. The first-order valence-corrected chi connectivity index (χ1v) is 10.4. The van der Waals surface area contributed by atoms with E-state index in [2.05, 4.69) is 22.5 Å². The van der Waals surface area contributed by atoms with Crippen LogP contribution in [0.1, 0.15) is 23.2 Å². The van der Waals surface area contributed by atoms with Crippen molar-refractivity contribution in [3.05, 3.63) is 82.1 Å². The van der Waals surface area contributed by atoms with Gasteiger partial charge < -0.3 is 10.1 Å². The minimum atomic E-state index is -0.311. The molecule has 0 amide bonds. The minimum Gasteiger partial charge on any atom is -0.508 e. The molecule has 2 atom stereocenters. The number of likely N-dealkylation sites (tertiary alicyclic amines) is 1. The summed E-state index contributed by atoms with van der Waals surface area (Å²) < 4.78 is 0. The second kappa shape index (κ2) is 6.99. The molecule has 30 heavy (non-hydrogen) atoms. The molecule has 1 unspecified atom stereocenters. The first kappa shape index (κ1) is 18.9. The third kappa shape index (κ3) is 2.82. The summed E-state index contributed by atoms with van der Waals surface area (Å²) >= 11 is 0. The lowest BCUT2D eigenvalue weighted by atomic mass is 9.58. The van der Waals surface area contributed by atoms with Crippen LogP contribution in [-0.4, -0.2) is 39.5 Å². The lowest BCUT2D eigenvalue weighted by molar-refractivity contribution is -0.383. The van der Waals surface area contributed by atoms with Gasteiger partial charge in [-0.25, -0.2) is 0 Å². The van der Waals surface area contributed by atoms with Crippen LogP contribution in [0.25, 0.3) is 10.9 Å². The number of aromatic nitrogens is 1. The Kier molecular flexibility index (Phi) is 4.40. The number of nitrogens with zero attached hydrogens (tertiary/aromatic N) is 2. The average Bonchev–Trinajstić information content (AvgIpc) is 3.09. The second-order valence-electron chi connectivity index (χ2n) is 8.62. The first-order valence-electron chi connectivity index (χ1n) is 10.4. The number of aromatic amines is 1. The number of fused-ring (bicyclic) bond motifs is 4. The van der Waals surface area contributed by atoms with Crippen LogP contribution in [-0.2, 0) is 18.3 Å². The van der Waals surface area contributed by atoms with Crippen molar-refractivity contribution in [1.82, 2.24) is 9.88 Å². The second-order valence-corrected chi connectivity index (χ2v) is 8.62. The molecular formula is C24H25N3O3. The molecule has 0 radical (unpaired) electrons. The maximum atomic E-state index is 11.6. The lowest BCUT2D eigenvalue weighted by Gasteiger charge is -2.51. The molecule has 1 aromatic heterocycles. The van der Waals surface area contributed by atoms with Gasteiger partial charge in [0.15, 0.2) is 0 Å². The summed E-state index contributed by atoms with van der Waals surface area (Å²) in [6.45, 7) is 6.67. The van der Waals surface area contributed by atoms with Crippen molar-refractivity contribution in [2.45, 2.75) is 24.7 Å². The van der Waals surface area contributed by atoms with Crippen molar-refractivity contribution >= 4 is 16.6 Å². The van der Waals surface area contributed by atoms with E-state index in [4.69, 9.17) is 0 Å². The van der Waals surface area contributed by atoms with E-state index >= 15 is 0 Å². The number of non-ortho nitro benzene ring substituents is 1. The summed E-state index contributed by atoms with van der Waals surface area (Å²) in [6, 6.07) is 13.0. The molecule has 1 saturated heterocycles. The molecule has 2 heterocycles. The molecule has 0 bridgehead atoms. The summed E-state index contributed by atoms with van der Waals surface area (Å²) in [5.41, 5.74) is 4.11. The molecule has 0 spiro atoms. The van der Waals surface area contributed by atoms with E-state index < -0.39 is 0 Å². The molecule has 2 aromatic carbocycles. The number of rotatable bonds is 4. The van der Waals surface area contributed by atoms with Crippen LogP contribution >= 0.6 is 0 Å². The van der Waals surface area contributed by atoms with Gasteiger partial charge in [0.2, 0.25) is 0 Å². The summed E-state index contributed by atoms with van der Waals surface area (Å²) in [7, 11) is 0. The van der Waals surface area contributed by atoms with Crippen molar-refractivity contribution in [3.63, 3.8) is 0 Å². The Morgan fingerprint density at radius 3 is 2.93 bits per heavy atom. The van der Waals surface area contributed by atoms with Crippen LogP contribution in [0.15, 0.2) is 55.1 Å². The summed E-state index contributed by atoms with van der Waals surface area (Å²) in [4.78, 5) is 17.1. The van der Waals surface area contributed by atoms with Gasteiger partial charge in [0.05, 0.1) is 4.92 Å². The highest BCUT2D eigenvalue weighted by Gasteiger charge is 2.48. The van der Waals surface area contributed by atoms with Crippen LogP contribution < -0.4 is 0 Å². The van der Waals surface area contributed by atoms with Crippen molar-refractivity contribution < 1.29 is 10.0 Å². The molecular weight excluding hydrogens is 378 g/mol. The number of phenolic OH excluding ortho intramolecular Hbond substituents is 1. The zero-order chi connectivity index (χ0) is 20.9. The summed E-state index contributed by atoms with van der Waals surface area (Å²) in [5.74, 6) is 0.644. The van der Waals surface area contributed by atoms with Crippen LogP contribution in [0.5, 0.6) is 5.75 Å². The fraction of sp³-hybridized carbons (Fsp3) is 0.333. The van der Waals surface area contributed by atoms with Gasteiger partial charge in [-0.2, -0.15) is 0 Å². The summed E-state index contributed by atoms with van der Waals surface area (Å²) in [6.07, 6.45) is 4.58. The van der Waals surface area contributed by atoms with E-state index in [1.54, 1.807) is 18.2 Å². The van der Waals surface area contributed by atoms with E-state index in [1.807, 2.05) is 24.3 Å². The van der Waals surface area contributed by atoms with Crippen molar-refractivity contribution in [2.75, 3.05) is 19.6 Å². The van der Waals surface area contributed by atoms with Crippen molar-refractivity contribution in [3.8, 4) is 5.75 Å². The van der Waals surface area contributed by atoms with Crippen LogP contribution in [0.4, 0.5) is 5.69 Å². The number of nitro benzene ring substituents is 1. The van der Waals surface area contributed by atoms with Gasteiger partial charge >= 0.3 is 0 Å². The molecule has 1 fully saturated rings. The molecule has 1 aliphatic heterocycles. The number of aromatic hydroxyl groups is 1. The summed E-state index contributed by atoms with van der Waals surface area (Å²) in [5, 5.41) is 22.7. The van der Waals surface area contributed by atoms with E-state index in [0.29, 0.717) is 11.4 Å². The maximum Gasteiger partial charge on any atom is 0.293 e. The van der Waals surface area contributed by atoms with Crippen LogP contribution in [0.3, 0.4) is 0 Å². The quantitative estimate of drug-likeness (QED) is 0.386. The number of hydrogen-bond donors (Lipinski definition) is 2. The highest BCUT2D eigenvalue weighted by Crippen LogP contribution is 2.50. The van der Waals surface area contributed by atoms with Crippen LogP contribution in [0.2, 0.25) is 0 Å². The number of hydrogen-bond acceptors (Lipinski definition) is 4. The number of benzene rings is 2. The Balaban J connectivity index is 1.66. The maximum absolute atomic E-state index is 11.6. The average molecular weight is 403 g/mol. The Morgan fingerprint density at radius 2 is 2.17 bits per heavy atom. The molecule has 1 aliphatic carbocycles. The number of phenols is 1. The standard InChI is InChI=1S/C24H25N3O3/c1-2-10-26-11-9-24(16-5-3-6-18(28)12-16)14-21-20(13-17(24)15-26)19-7-4-8-22(27(29)30)23(19)25-21/h2-8,12,17,25,28H,1,9-11,13-15H2/t17?,24-/m1/s1. The van der Waals surface area contributed by atoms with E-state index in [9.17, 15) is 15.2 Å². The monoisotopic (exact) mass is 403 g/mol. The predicted molar refractivity (Wildman–Crippen MR) is 117 cm³/mol. The van der Waals surface area contributed by atoms with Gasteiger partial charge in [0.25, 0.3) is 5.69 Å². The van der Waals surface area contributed by atoms with Gasteiger partial charge in [0.1, 0.15) is 11.3 Å². The number of para-hydroxylation sites is 1. The zero-order valence-electron chi connectivity index (χ0n) is 16.8. The fourth-order valence-corrected chi connectivity index (χ4v) is 5.69. The third-order valence-electron chi connectivity index (χ3n) is 7.09. The zero-order valence-corrected chi connectivity index (χ0v) is 16.8. The SMILES string of the molecule is C=CCN1CC[C@]2(c3cccc(O)c3)Cc3[nH]c4c([N+](=O)[O-])cccc4c3CC2C1.